The van der Waals surface area contributed by atoms with E-state index in [4.69, 9.17) is 9.47 Å². The molecule has 0 spiro atoms. The molecule has 1 aromatic heterocycles. The van der Waals surface area contributed by atoms with E-state index in [2.05, 4.69) is 34.7 Å². The Kier molecular flexibility index (Phi) is 8.38. The van der Waals surface area contributed by atoms with Crippen LogP contribution in [0, 0.1) is 5.92 Å². The predicted octanol–water partition coefficient (Wildman–Crippen LogP) is 5.01. The Labute approximate surface area is 221 Å². The van der Waals surface area contributed by atoms with Crippen molar-refractivity contribution in [1.82, 2.24) is 20.1 Å². The van der Waals surface area contributed by atoms with Gasteiger partial charge in [0.15, 0.2) is 22.5 Å². The minimum atomic E-state index is -0.368. The lowest BCUT2D eigenvalue weighted by molar-refractivity contribution is -0.113. The van der Waals surface area contributed by atoms with E-state index in [1.165, 1.54) is 17.3 Å². The molecule has 0 fully saturated rings. The topological polar surface area (TPSA) is 107 Å². The summed E-state index contributed by atoms with van der Waals surface area (Å²) in [6.45, 7) is 11.0. The van der Waals surface area contributed by atoms with Gasteiger partial charge in [0, 0.05) is 17.8 Å². The largest absolute Gasteiger partial charge is 0.454 e. The highest BCUT2D eigenvalue weighted by atomic mass is 32.2. The third-order valence-electron chi connectivity index (χ3n) is 6.12. The van der Waals surface area contributed by atoms with Gasteiger partial charge in [-0.3, -0.25) is 9.59 Å². The van der Waals surface area contributed by atoms with Crippen LogP contribution >= 0.6 is 11.8 Å². The maximum atomic E-state index is 13.1. The first-order chi connectivity index (χ1) is 17.8. The van der Waals surface area contributed by atoms with E-state index < -0.39 is 0 Å². The molecule has 0 saturated heterocycles. The highest BCUT2D eigenvalue weighted by Gasteiger charge is 2.27. The van der Waals surface area contributed by atoms with E-state index in [1.807, 2.05) is 49.6 Å². The molecule has 2 aromatic carbocycles. The van der Waals surface area contributed by atoms with Gasteiger partial charge < -0.3 is 24.7 Å². The predicted molar refractivity (Wildman–Crippen MR) is 143 cm³/mol. The fourth-order valence-corrected chi connectivity index (χ4v) is 4.81. The summed E-state index contributed by atoms with van der Waals surface area (Å²) in [5.74, 6) is 2.16. The number of carbonyl (C=O) groups is 2. The average molecular weight is 524 g/mol. The van der Waals surface area contributed by atoms with Gasteiger partial charge in [0.2, 0.25) is 12.7 Å². The summed E-state index contributed by atoms with van der Waals surface area (Å²) >= 11 is 1.32. The van der Waals surface area contributed by atoms with Crippen molar-refractivity contribution in [3.8, 4) is 11.5 Å². The summed E-state index contributed by atoms with van der Waals surface area (Å²) in [5.41, 5.74) is 2.46. The van der Waals surface area contributed by atoms with Gasteiger partial charge >= 0.3 is 0 Å². The summed E-state index contributed by atoms with van der Waals surface area (Å²) in [6.07, 6.45) is 0. The lowest BCUT2D eigenvalue weighted by Crippen LogP contribution is -2.33. The highest BCUT2D eigenvalue weighted by molar-refractivity contribution is 7.99. The number of rotatable bonds is 10. The van der Waals surface area contributed by atoms with Crippen molar-refractivity contribution >= 4 is 29.3 Å². The van der Waals surface area contributed by atoms with Crippen molar-refractivity contribution in [2.45, 2.75) is 58.3 Å². The first-order valence-corrected chi connectivity index (χ1v) is 13.4. The number of fused-ring (bicyclic) bond motifs is 1. The molecule has 37 heavy (non-hydrogen) atoms. The molecule has 3 aromatic rings. The molecule has 10 heteroatoms. The van der Waals surface area contributed by atoms with E-state index in [9.17, 15) is 9.59 Å². The molecule has 1 aliphatic heterocycles. The molecule has 2 amide bonds. The quantitative estimate of drug-likeness (QED) is 0.360. The lowest BCUT2D eigenvalue weighted by Gasteiger charge is -2.22. The van der Waals surface area contributed by atoms with Crippen molar-refractivity contribution in [3.63, 3.8) is 0 Å². The summed E-state index contributed by atoms with van der Waals surface area (Å²) in [7, 11) is 0. The fourth-order valence-electron chi connectivity index (χ4n) is 4.00. The van der Waals surface area contributed by atoms with Crippen LogP contribution in [-0.4, -0.2) is 39.1 Å². The standard InChI is InChI=1S/C27H33N5O4S/c1-6-32-25(24(17(4)5)29-26(34)19-9-12-21-22(13-19)36-15-35-21)30-31-27(32)37-14-23(33)28-20-10-7-18(8-11-20)16(2)3/h7-13,16-17,24H,6,14-15H2,1-5H3,(H,28,33)(H,29,34). The van der Waals surface area contributed by atoms with Gasteiger partial charge in [-0.05, 0) is 54.7 Å². The van der Waals surface area contributed by atoms with Crippen LogP contribution in [0.5, 0.6) is 11.5 Å². The van der Waals surface area contributed by atoms with Gasteiger partial charge in [0.25, 0.3) is 5.91 Å². The van der Waals surface area contributed by atoms with E-state index in [-0.39, 0.29) is 36.3 Å². The van der Waals surface area contributed by atoms with E-state index in [1.54, 1.807) is 18.2 Å². The summed E-state index contributed by atoms with van der Waals surface area (Å²) in [4.78, 5) is 25.6. The van der Waals surface area contributed by atoms with Gasteiger partial charge in [-0.25, -0.2) is 0 Å². The van der Waals surface area contributed by atoms with Crippen molar-refractivity contribution in [3.05, 3.63) is 59.4 Å². The van der Waals surface area contributed by atoms with Gasteiger partial charge in [-0.2, -0.15) is 0 Å². The molecule has 1 aliphatic rings. The van der Waals surface area contributed by atoms with Crippen LogP contribution in [0.3, 0.4) is 0 Å². The van der Waals surface area contributed by atoms with Crippen molar-refractivity contribution < 1.29 is 19.1 Å². The summed E-state index contributed by atoms with van der Waals surface area (Å²) < 4.78 is 12.7. The van der Waals surface area contributed by atoms with Crippen LogP contribution in [0.15, 0.2) is 47.6 Å². The molecular formula is C27H33N5O4S. The Balaban J connectivity index is 1.42. The first kappa shape index (κ1) is 26.5. The van der Waals surface area contributed by atoms with Gasteiger partial charge in [0.1, 0.15) is 0 Å². The van der Waals surface area contributed by atoms with Crippen molar-refractivity contribution in [1.29, 1.82) is 0 Å². The zero-order chi connectivity index (χ0) is 26.5. The number of aromatic nitrogens is 3. The minimum Gasteiger partial charge on any atom is -0.454 e. The van der Waals surface area contributed by atoms with Gasteiger partial charge in [0.05, 0.1) is 11.8 Å². The molecule has 0 aliphatic carbocycles. The number of benzene rings is 2. The maximum Gasteiger partial charge on any atom is 0.252 e. The maximum absolute atomic E-state index is 13.1. The molecule has 196 valence electrons. The number of anilines is 1. The second-order valence-corrected chi connectivity index (χ2v) is 10.4. The molecule has 0 saturated carbocycles. The van der Waals surface area contributed by atoms with E-state index >= 15 is 0 Å². The van der Waals surface area contributed by atoms with Crippen molar-refractivity contribution in [2.75, 3.05) is 17.9 Å². The minimum absolute atomic E-state index is 0.0578. The fraction of sp³-hybridized carbons (Fsp3) is 0.407. The number of nitrogens with zero attached hydrogens (tertiary/aromatic N) is 3. The van der Waals surface area contributed by atoms with Gasteiger partial charge in [-0.15, -0.1) is 10.2 Å². The second-order valence-electron chi connectivity index (χ2n) is 9.46. The third kappa shape index (κ3) is 6.25. The van der Waals surface area contributed by atoms with Crippen LogP contribution in [0.25, 0.3) is 0 Å². The number of thioether (sulfide) groups is 1. The zero-order valence-electron chi connectivity index (χ0n) is 21.8. The number of hydrogen-bond acceptors (Lipinski definition) is 7. The monoisotopic (exact) mass is 523 g/mol. The Morgan fingerprint density at radius 3 is 2.43 bits per heavy atom. The molecular weight excluding hydrogens is 490 g/mol. The smallest absolute Gasteiger partial charge is 0.252 e. The Morgan fingerprint density at radius 1 is 1.03 bits per heavy atom. The van der Waals surface area contributed by atoms with Gasteiger partial charge in [-0.1, -0.05) is 51.6 Å². The molecule has 9 nitrogen and oxygen atoms in total. The molecule has 0 radical (unpaired) electrons. The SMILES string of the molecule is CCn1c(SCC(=O)Nc2ccc(C(C)C)cc2)nnc1C(NC(=O)c1ccc2c(c1)OCO2)C(C)C. The number of ether oxygens (including phenoxy) is 2. The van der Waals surface area contributed by atoms with Crippen LogP contribution in [-0.2, 0) is 11.3 Å². The normalized spacial score (nSPS) is 13.2. The van der Waals surface area contributed by atoms with E-state index in [0.717, 1.165) is 5.69 Å². The van der Waals surface area contributed by atoms with E-state index in [0.29, 0.717) is 40.5 Å². The Hall–Kier alpha value is -3.53. The van der Waals surface area contributed by atoms with Crippen LogP contribution in [0.4, 0.5) is 5.69 Å². The molecule has 1 unspecified atom stereocenters. The average Bonchev–Trinajstić information content (AvgIpc) is 3.52. The molecule has 2 N–H and O–H groups in total. The first-order valence-electron chi connectivity index (χ1n) is 12.4. The Bertz CT molecular complexity index is 1260. The highest BCUT2D eigenvalue weighted by Crippen LogP contribution is 2.33. The summed E-state index contributed by atoms with van der Waals surface area (Å²) in [5, 5.41) is 15.4. The number of hydrogen-bond donors (Lipinski definition) is 2. The lowest BCUT2D eigenvalue weighted by atomic mass is 10.0. The number of amides is 2. The van der Waals surface area contributed by atoms with Crippen LogP contribution in [0.2, 0.25) is 0 Å². The van der Waals surface area contributed by atoms with Crippen molar-refractivity contribution in [2.24, 2.45) is 5.92 Å². The van der Waals surface area contributed by atoms with Crippen LogP contribution in [0.1, 0.15) is 68.3 Å². The molecule has 0 bridgehead atoms. The second kappa shape index (κ2) is 11.7. The zero-order valence-corrected chi connectivity index (χ0v) is 22.6. The Morgan fingerprint density at radius 2 is 1.76 bits per heavy atom. The number of carbonyl (C=O) groups excluding carboxylic acids is 2. The molecule has 2 heterocycles. The molecule has 4 rings (SSSR count). The summed E-state index contributed by atoms with van der Waals surface area (Å²) in [6, 6.07) is 12.6. The molecule has 1 atom stereocenters. The number of nitrogens with one attached hydrogen (secondary N) is 2. The third-order valence-corrected chi connectivity index (χ3v) is 7.09. The van der Waals surface area contributed by atoms with Crippen LogP contribution < -0.4 is 20.1 Å².